The Morgan fingerprint density at radius 1 is 1.13 bits per heavy atom. The van der Waals surface area contributed by atoms with E-state index in [0.29, 0.717) is 30.3 Å². The Kier molecular flexibility index (Phi) is 7.46. The number of fused-ring (bicyclic) bond motifs is 1. The number of benzene rings is 2. The summed E-state index contributed by atoms with van der Waals surface area (Å²) in [5.41, 5.74) is 2.24. The number of amides is 2. The van der Waals surface area contributed by atoms with Crippen LogP contribution in [-0.2, 0) is 11.3 Å². The van der Waals surface area contributed by atoms with Gasteiger partial charge >= 0.3 is 6.09 Å². The van der Waals surface area contributed by atoms with E-state index in [4.69, 9.17) is 27.9 Å². The summed E-state index contributed by atoms with van der Waals surface area (Å²) >= 11 is 12.3. The van der Waals surface area contributed by atoms with Crippen LogP contribution in [0.1, 0.15) is 26.3 Å². The van der Waals surface area contributed by atoms with Crippen molar-refractivity contribution in [3.8, 4) is 5.75 Å². The van der Waals surface area contributed by atoms with Crippen molar-refractivity contribution in [3.63, 3.8) is 0 Å². The van der Waals surface area contributed by atoms with Crippen LogP contribution in [0.5, 0.6) is 5.75 Å². The summed E-state index contributed by atoms with van der Waals surface area (Å²) in [6, 6.07) is 13.0. The first kappa shape index (κ1) is 23.0. The number of aromatic nitrogens is 1. The molecule has 0 aliphatic rings. The summed E-state index contributed by atoms with van der Waals surface area (Å²) in [7, 11) is 0. The van der Waals surface area contributed by atoms with Crippen molar-refractivity contribution >= 4 is 51.8 Å². The van der Waals surface area contributed by atoms with Crippen molar-refractivity contribution in [1.29, 1.82) is 0 Å². The van der Waals surface area contributed by atoms with Gasteiger partial charge in [0.15, 0.2) is 5.75 Å². The molecule has 31 heavy (non-hydrogen) atoms. The molecular formula is C23H25Cl2N3O3. The molecule has 6 nitrogen and oxygen atoms in total. The van der Waals surface area contributed by atoms with Gasteiger partial charge < -0.3 is 19.5 Å². The Labute approximate surface area is 191 Å². The molecule has 1 atom stereocenters. The second-order valence-corrected chi connectivity index (χ2v) is 8.11. The van der Waals surface area contributed by atoms with E-state index in [2.05, 4.69) is 5.32 Å². The van der Waals surface area contributed by atoms with Crippen molar-refractivity contribution in [2.24, 2.45) is 0 Å². The lowest BCUT2D eigenvalue weighted by Gasteiger charge is -2.20. The molecule has 1 N–H and O–H groups in total. The summed E-state index contributed by atoms with van der Waals surface area (Å²) < 4.78 is 7.64. The zero-order valence-electron chi connectivity index (χ0n) is 17.7. The molecule has 1 heterocycles. The molecule has 0 bridgehead atoms. The van der Waals surface area contributed by atoms with Crippen LogP contribution >= 0.6 is 23.2 Å². The van der Waals surface area contributed by atoms with E-state index >= 15 is 0 Å². The van der Waals surface area contributed by atoms with Crippen LogP contribution in [0.15, 0.2) is 48.7 Å². The Morgan fingerprint density at radius 3 is 2.48 bits per heavy atom. The Bertz CT molecular complexity index is 1090. The normalized spacial score (nSPS) is 11.9. The number of hydrogen-bond acceptors (Lipinski definition) is 3. The highest BCUT2D eigenvalue weighted by molar-refractivity contribution is 6.32. The molecule has 164 valence electrons. The first-order chi connectivity index (χ1) is 14.8. The van der Waals surface area contributed by atoms with Crippen LogP contribution in [0, 0.1) is 0 Å². The largest absolute Gasteiger partial charge is 0.415 e. The van der Waals surface area contributed by atoms with E-state index in [1.807, 2.05) is 61.0 Å². The lowest BCUT2D eigenvalue weighted by Crippen LogP contribution is -2.33. The number of ether oxygens (including phenoxy) is 1. The fraction of sp³-hybridized carbons (Fsp3) is 0.304. The molecule has 2 aromatic carbocycles. The molecule has 0 saturated carbocycles. The number of carbonyl (C=O) groups excluding carboxylic acids is 2. The maximum Gasteiger partial charge on any atom is 0.415 e. The van der Waals surface area contributed by atoms with Gasteiger partial charge in [-0.1, -0.05) is 29.8 Å². The molecule has 3 rings (SSSR count). The molecule has 0 fully saturated rings. The summed E-state index contributed by atoms with van der Waals surface area (Å²) in [5, 5.41) is 3.49. The van der Waals surface area contributed by atoms with Crippen LogP contribution in [0.3, 0.4) is 0 Å². The van der Waals surface area contributed by atoms with E-state index in [1.54, 1.807) is 17.9 Å². The number of nitrogens with one attached hydrogen (secondary N) is 1. The average Bonchev–Trinajstić information content (AvgIpc) is 3.15. The van der Waals surface area contributed by atoms with Gasteiger partial charge in [0, 0.05) is 36.2 Å². The first-order valence-corrected chi connectivity index (χ1v) is 10.9. The smallest absolute Gasteiger partial charge is 0.408 e. The van der Waals surface area contributed by atoms with E-state index in [1.165, 1.54) is 0 Å². The van der Waals surface area contributed by atoms with E-state index in [0.717, 1.165) is 16.5 Å². The van der Waals surface area contributed by atoms with E-state index in [-0.39, 0.29) is 11.7 Å². The van der Waals surface area contributed by atoms with Crippen molar-refractivity contribution in [3.05, 3.63) is 59.2 Å². The van der Waals surface area contributed by atoms with Gasteiger partial charge in [-0.2, -0.15) is 0 Å². The molecule has 0 spiro atoms. The second-order valence-electron chi connectivity index (χ2n) is 7.05. The van der Waals surface area contributed by atoms with Gasteiger partial charge in [-0.3, -0.25) is 4.79 Å². The maximum absolute atomic E-state index is 12.5. The third kappa shape index (κ3) is 5.14. The lowest BCUT2D eigenvalue weighted by atomic mass is 10.2. The predicted molar refractivity (Wildman–Crippen MR) is 125 cm³/mol. The van der Waals surface area contributed by atoms with Gasteiger partial charge in [-0.25, -0.2) is 4.79 Å². The Balaban J connectivity index is 2.03. The van der Waals surface area contributed by atoms with Crippen molar-refractivity contribution in [2.75, 3.05) is 18.4 Å². The third-order valence-electron chi connectivity index (χ3n) is 5.04. The standard InChI is InChI=1S/C23H25Cl2N3O3/c1-4-27(5-2)23(30)31-20-11-10-19-17(21(20)26-22(29)15(3)24)12-13-28(19)14-16-8-6-7-9-18(16)25/h6-13,15H,4-5,14H2,1-3H3,(H,26,29)/t15-/m1/s1. The molecule has 0 saturated heterocycles. The zero-order valence-corrected chi connectivity index (χ0v) is 19.2. The molecule has 0 radical (unpaired) electrons. The number of alkyl halides is 1. The van der Waals surface area contributed by atoms with E-state index in [9.17, 15) is 9.59 Å². The van der Waals surface area contributed by atoms with Gasteiger partial charge in [0.25, 0.3) is 0 Å². The highest BCUT2D eigenvalue weighted by Gasteiger charge is 2.21. The minimum absolute atomic E-state index is 0.269. The molecule has 2 amide bonds. The van der Waals surface area contributed by atoms with Crippen LogP contribution < -0.4 is 10.1 Å². The topological polar surface area (TPSA) is 63.6 Å². The highest BCUT2D eigenvalue weighted by atomic mass is 35.5. The second kappa shape index (κ2) is 10.1. The molecule has 0 aliphatic heterocycles. The quantitative estimate of drug-likeness (QED) is 0.455. The van der Waals surface area contributed by atoms with Gasteiger partial charge in [0.1, 0.15) is 5.38 Å². The van der Waals surface area contributed by atoms with Gasteiger partial charge in [0.2, 0.25) is 5.91 Å². The van der Waals surface area contributed by atoms with Crippen LogP contribution in [0.4, 0.5) is 10.5 Å². The third-order valence-corrected chi connectivity index (χ3v) is 5.61. The number of halogens is 2. The summed E-state index contributed by atoms with van der Waals surface area (Å²) in [4.78, 5) is 26.4. The fourth-order valence-electron chi connectivity index (χ4n) is 3.28. The van der Waals surface area contributed by atoms with Crippen LogP contribution in [0.25, 0.3) is 10.9 Å². The van der Waals surface area contributed by atoms with Crippen molar-refractivity contribution in [2.45, 2.75) is 32.7 Å². The predicted octanol–water partition coefficient (Wildman–Crippen LogP) is 5.75. The van der Waals surface area contributed by atoms with Crippen molar-refractivity contribution in [1.82, 2.24) is 9.47 Å². The summed E-state index contributed by atoms with van der Waals surface area (Å²) in [5.74, 6) is -0.112. The summed E-state index contributed by atoms with van der Waals surface area (Å²) in [6.07, 6.45) is 1.43. The number of nitrogens with zero attached hydrogens (tertiary/aromatic N) is 2. The highest BCUT2D eigenvalue weighted by Crippen LogP contribution is 2.35. The average molecular weight is 462 g/mol. The summed E-state index contributed by atoms with van der Waals surface area (Å²) in [6.45, 7) is 6.93. The monoisotopic (exact) mass is 461 g/mol. The van der Waals surface area contributed by atoms with E-state index < -0.39 is 11.5 Å². The van der Waals surface area contributed by atoms with Gasteiger partial charge in [-0.05, 0) is 50.6 Å². The molecule has 3 aromatic rings. The molecule has 1 aromatic heterocycles. The number of hydrogen-bond donors (Lipinski definition) is 1. The van der Waals surface area contributed by atoms with Crippen molar-refractivity contribution < 1.29 is 14.3 Å². The minimum Gasteiger partial charge on any atom is -0.408 e. The van der Waals surface area contributed by atoms with Gasteiger partial charge in [-0.15, -0.1) is 11.6 Å². The molecule has 8 heteroatoms. The number of rotatable bonds is 7. The van der Waals surface area contributed by atoms with Gasteiger partial charge in [0.05, 0.1) is 11.2 Å². The first-order valence-electron chi connectivity index (χ1n) is 10.1. The molecule has 0 aliphatic carbocycles. The SMILES string of the molecule is CCN(CC)C(=O)Oc1ccc2c(ccn2Cc2ccccc2Cl)c1NC(=O)[C@@H](C)Cl. The molecular weight excluding hydrogens is 437 g/mol. The minimum atomic E-state index is -0.744. The Morgan fingerprint density at radius 2 is 1.84 bits per heavy atom. The number of anilines is 1. The van der Waals surface area contributed by atoms with Crippen LogP contribution in [0.2, 0.25) is 5.02 Å². The Hall–Kier alpha value is -2.70. The molecule has 0 unspecified atom stereocenters. The zero-order chi connectivity index (χ0) is 22.5. The number of carbonyl (C=O) groups is 2. The fourth-order valence-corrected chi connectivity index (χ4v) is 3.53. The lowest BCUT2D eigenvalue weighted by molar-refractivity contribution is -0.115. The maximum atomic E-state index is 12.5. The van der Waals surface area contributed by atoms with Crippen LogP contribution in [-0.4, -0.2) is 39.9 Å².